The Labute approximate surface area is 146 Å². The molecule has 0 saturated carbocycles. The lowest BCUT2D eigenvalue weighted by Crippen LogP contribution is -2.38. The molecule has 1 amide bonds. The van der Waals surface area contributed by atoms with Gasteiger partial charge in [-0.2, -0.15) is 4.99 Å². The third kappa shape index (κ3) is 3.30. The summed E-state index contributed by atoms with van der Waals surface area (Å²) in [7, 11) is -1.50. The highest BCUT2D eigenvalue weighted by Crippen LogP contribution is 2.43. The zero-order valence-corrected chi connectivity index (χ0v) is 15.3. The Hall–Kier alpha value is -1.54. The summed E-state index contributed by atoms with van der Waals surface area (Å²) >= 11 is 1.38. The molecule has 3 rings (SSSR count). The van der Waals surface area contributed by atoms with Crippen molar-refractivity contribution in [1.29, 1.82) is 0 Å². The molecule has 8 heteroatoms. The highest BCUT2D eigenvalue weighted by Gasteiger charge is 2.49. The number of ether oxygens (including phenoxy) is 1. The molecule has 0 unspecified atom stereocenters. The fourth-order valence-electron chi connectivity index (χ4n) is 3.05. The first-order valence-corrected chi connectivity index (χ1v) is 10.6. The topological polar surface area (TPSA) is 76.0 Å². The average Bonchev–Trinajstić information content (AvgIpc) is 2.98. The molecular formula is C16H20N2O4S2. The fourth-order valence-corrected chi connectivity index (χ4v) is 6.98. The van der Waals surface area contributed by atoms with E-state index in [-0.39, 0.29) is 28.7 Å². The Morgan fingerprint density at radius 2 is 2.12 bits per heavy atom. The number of anilines is 1. The van der Waals surface area contributed by atoms with E-state index >= 15 is 0 Å². The lowest BCUT2D eigenvalue weighted by Gasteiger charge is -2.26. The van der Waals surface area contributed by atoms with Crippen molar-refractivity contribution in [3.8, 4) is 5.75 Å². The molecule has 0 spiro atoms. The number of benzene rings is 1. The van der Waals surface area contributed by atoms with E-state index in [0.29, 0.717) is 17.3 Å². The minimum absolute atomic E-state index is 0.0731. The van der Waals surface area contributed by atoms with Crippen LogP contribution >= 0.6 is 11.8 Å². The van der Waals surface area contributed by atoms with Crippen LogP contribution in [0.4, 0.5) is 5.69 Å². The van der Waals surface area contributed by atoms with Crippen molar-refractivity contribution in [2.24, 2.45) is 4.99 Å². The molecule has 6 nitrogen and oxygen atoms in total. The Morgan fingerprint density at radius 1 is 1.38 bits per heavy atom. The van der Waals surface area contributed by atoms with Gasteiger partial charge in [0, 0.05) is 11.7 Å². The lowest BCUT2D eigenvalue weighted by atomic mass is 10.2. The maximum Gasteiger partial charge on any atom is 0.248 e. The number of aliphatic imine (C=N–C) groups is 1. The molecule has 2 atom stereocenters. The molecule has 2 aliphatic heterocycles. The predicted octanol–water partition coefficient (Wildman–Crippen LogP) is 2.10. The Kier molecular flexibility index (Phi) is 4.87. The molecule has 130 valence electrons. The van der Waals surface area contributed by atoms with Gasteiger partial charge in [0.15, 0.2) is 15.0 Å². The van der Waals surface area contributed by atoms with Crippen LogP contribution in [0.3, 0.4) is 0 Å². The van der Waals surface area contributed by atoms with Crippen LogP contribution in [0.1, 0.15) is 19.8 Å². The van der Waals surface area contributed by atoms with Crippen LogP contribution in [0.15, 0.2) is 29.3 Å². The van der Waals surface area contributed by atoms with E-state index in [2.05, 4.69) is 4.99 Å². The standard InChI is InChI=1S/C16H20N2O4S2/c1-3-6-15(19)17-16-18(11-7-4-5-8-13(11)22-2)12-9-24(20,21)10-14(12)23-16/h4-5,7-8,12,14H,3,6,9-10H2,1-2H3/t12-,14-/m0/s1. The number of fused-ring (bicyclic) bond motifs is 1. The molecule has 0 radical (unpaired) electrons. The van der Waals surface area contributed by atoms with E-state index in [0.717, 1.165) is 12.1 Å². The molecule has 2 fully saturated rings. The Morgan fingerprint density at radius 3 is 2.83 bits per heavy atom. The van der Waals surface area contributed by atoms with Crippen LogP contribution in [0.2, 0.25) is 0 Å². The number of rotatable bonds is 4. The van der Waals surface area contributed by atoms with Gasteiger partial charge in [0.05, 0.1) is 30.3 Å². The quantitative estimate of drug-likeness (QED) is 0.810. The maximum atomic E-state index is 12.0. The number of thioether (sulfide) groups is 1. The van der Waals surface area contributed by atoms with Gasteiger partial charge in [0.1, 0.15) is 5.75 Å². The van der Waals surface area contributed by atoms with Crippen molar-refractivity contribution < 1.29 is 17.9 Å². The monoisotopic (exact) mass is 368 g/mol. The maximum absolute atomic E-state index is 12.0. The van der Waals surface area contributed by atoms with Crippen LogP contribution in [0, 0.1) is 0 Å². The van der Waals surface area contributed by atoms with Gasteiger partial charge in [-0.25, -0.2) is 8.42 Å². The summed E-state index contributed by atoms with van der Waals surface area (Å²) in [5.74, 6) is 0.653. The number of carbonyl (C=O) groups excluding carboxylic acids is 1. The van der Waals surface area contributed by atoms with E-state index in [1.807, 2.05) is 36.1 Å². The smallest absolute Gasteiger partial charge is 0.248 e. The normalized spacial score (nSPS) is 26.6. The zero-order valence-electron chi connectivity index (χ0n) is 13.6. The fraction of sp³-hybridized carbons (Fsp3) is 0.500. The predicted molar refractivity (Wildman–Crippen MR) is 96.6 cm³/mol. The minimum Gasteiger partial charge on any atom is -0.495 e. The molecule has 0 bridgehead atoms. The second kappa shape index (κ2) is 6.76. The summed E-state index contributed by atoms with van der Waals surface area (Å²) in [5, 5.41) is 0.468. The number of nitrogens with zero attached hydrogens (tertiary/aromatic N) is 2. The SMILES string of the molecule is CCCC(=O)N=C1S[C@H]2CS(=O)(=O)C[C@@H]2N1c1ccccc1OC. The number of sulfone groups is 1. The molecule has 0 N–H and O–H groups in total. The molecule has 24 heavy (non-hydrogen) atoms. The van der Waals surface area contributed by atoms with Crippen LogP contribution < -0.4 is 9.64 Å². The summed E-state index contributed by atoms with van der Waals surface area (Å²) in [6, 6.07) is 7.19. The van der Waals surface area contributed by atoms with Gasteiger partial charge < -0.3 is 9.64 Å². The molecule has 1 aromatic carbocycles. The summed E-state index contributed by atoms with van der Waals surface area (Å²) in [6.07, 6.45) is 1.12. The van der Waals surface area contributed by atoms with Gasteiger partial charge >= 0.3 is 0 Å². The molecular weight excluding hydrogens is 348 g/mol. The van der Waals surface area contributed by atoms with Crippen molar-refractivity contribution in [3.63, 3.8) is 0 Å². The van der Waals surface area contributed by atoms with Crippen molar-refractivity contribution >= 4 is 38.4 Å². The van der Waals surface area contributed by atoms with Crippen LogP contribution in [0.5, 0.6) is 5.75 Å². The van der Waals surface area contributed by atoms with Gasteiger partial charge in [0.25, 0.3) is 0 Å². The third-order valence-electron chi connectivity index (χ3n) is 4.10. The van der Waals surface area contributed by atoms with E-state index in [1.54, 1.807) is 7.11 Å². The molecule has 2 aliphatic rings. The highest BCUT2D eigenvalue weighted by atomic mass is 32.2. The van der Waals surface area contributed by atoms with Gasteiger partial charge in [-0.1, -0.05) is 30.8 Å². The van der Waals surface area contributed by atoms with Gasteiger partial charge in [-0.05, 0) is 18.6 Å². The Balaban J connectivity index is 2.03. The highest BCUT2D eigenvalue weighted by molar-refractivity contribution is 8.16. The Bertz CT molecular complexity index is 776. The minimum atomic E-state index is -3.07. The number of carbonyl (C=O) groups is 1. The van der Waals surface area contributed by atoms with E-state index in [9.17, 15) is 13.2 Å². The van der Waals surface area contributed by atoms with Crippen molar-refractivity contribution in [2.75, 3.05) is 23.5 Å². The summed E-state index contributed by atoms with van der Waals surface area (Å²) in [5.41, 5.74) is 0.750. The zero-order chi connectivity index (χ0) is 17.3. The summed E-state index contributed by atoms with van der Waals surface area (Å²) in [4.78, 5) is 18.1. The number of hydrogen-bond acceptors (Lipinski definition) is 5. The lowest BCUT2D eigenvalue weighted by molar-refractivity contribution is -0.117. The van der Waals surface area contributed by atoms with Gasteiger partial charge in [-0.3, -0.25) is 4.79 Å². The number of amides is 1. The summed E-state index contributed by atoms with van der Waals surface area (Å²) in [6.45, 7) is 1.93. The van der Waals surface area contributed by atoms with E-state index in [1.165, 1.54) is 11.8 Å². The van der Waals surface area contributed by atoms with Gasteiger partial charge in [-0.15, -0.1) is 0 Å². The van der Waals surface area contributed by atoms with Crippen molar-refractivity contribution in [2.45, 2.75) is 31.1 Å². The third-order valence-corrected chi connectivity index (χ3v) is 7.31. The number of methoxy groups -OCH3 is 1. The first kappa shape index (κ1) is 17.3. The number of amidine groups is 1. The molecule has 0 aliphatic carbocycles. The molecule has 2 saturated heterocycles. The molecule has 2 heterocycles. The number of para-hydroxylation sites is 2. The van der Waals surface area contributed by atoms with Crippen LogP contribution in [-0.4, -0.2) is 49.4 Å². The van der Waals surface area contributed by atoms with E-state index in [4.69, 9.17) is 4.74 Å². The van der Waals surface area contributed by atoms with Crippen LogP contribution in [-0.2, 0) is 14.6 Å². The second-order valence-electron chi connectivity index (χ2n) is 5.88. The molecule has 1 aromatic rings. The van der Waals surface area contributed by atoms with Crippen molar-refractivity contribution in [3.05, 3.63) is 24.3 Å². The van der Waals surface area contributed by atoms with Crippen LogP contribution in [0.25, 0.3) is 0 Å². The largest absolute Gasteiger partial charge is 0.495 e. The number of hydrogen-bond donors (Lipinski definition) is 0. The van der Waals surface area contributed by atoms with Gasteiger partial charge in [0.2, 0.25) is 5.91 Å². The first-order chi connectivity index (χ1) is 11.4. The average molecular weight is 368 g/mol. The molecule has 0 aromatic heterocycles. The summed E-state index contributed by atoms with van der Waals surface area (Å²) < 4.78 is 29.5. The first-order valence-electron chi connectivity index (χ1n) is 7.86. The van der Waals surface area contributed by atoms with E-state index < -0.39 is 9.84 Å². The second-order valence-corrected chi connectivity index (χ2v) is 9.24. The van der Waals surface area contributed by atoms with Crippen molar-refractivity contribution in [1.82, 2.24) is 0 Å².